The first-order valence-electron chi connectivity index (χ1n) is 5.23. The smallest absolute Gasteiger partial charge is 0.0704 e. The van der Waals surface area contributed by atoms with Crippen LogP contribution in [-0.4, -0.2) is 6.54 Å². The summed E-state index contributed by atoms with van der Waals surface area (Å²) in [5.41, 5.74) is 2.75. The van der Waals surface area contributed by atoms with E-state index >= 15 is 0 Å². The molecule has 0 saturated carbocycles. The molecule has 4 heteroatoms. The second-order valence-electron chi connectivity index (χ2n) is 3.61. The largest absolute Gasteiger partial charge is 0.306 e. The molecule has 1 N–H and O–H groups in total. The van der Waals surface area contributed by atoms with Gasteiger partial charge < -0.3 is 5.32 Å². The molecule has 0 aromatic carbocycles. The van der Waals surface area contributed by atoms with Gasteiger partial charge in [0.15, 0.2) is 0 Å². The molecule has 0 radical (unpaired) electrons. The van der Waals surface area contributed by atoms with Gasteiger partial charge in [-0.25, -0.2) is 0 Å². The summed E-state index contributed by atoms with van der Waals surface area (Å²) >= 11 is 7.11. The molecular formula is C12H14BrNS2. The van der Waals surface area contributed by atoms with E-state index in [1.807, 2.05) is 0 Å². The molecule has 2 aromatic rings. The molecule has 2 aromatic heterocycles. The van der Waals surface area contributed by atoms with Crippen molar-refractivity contribution in [1.82, 2.24) is 5.32 Å². The predicted octanol–water partition coefficient (Wildman–Crippen LogP) is 4.58. The van der Waals surface area contributed by atoms with Crippen LogP contribution in [0.3, 0.4) is 0 Å². The van der Waals surface area contributed by atoms with Crippen LogP contribution in [0.1, 0.15) is 29.0 Å². The van der Waals surface area contributed by atoms with E-state index in [-0.39, 0.29) is 0 Å². The van der Waals surface area contributed by atoms with Crippen LogP contribution in [0.4, 0.5) is 0 Å². The van der Waals surface area contributed by atoms with Crippen molar-refractivity contribution in [2.75, 3.05) is 6.54 Å². The van der Waals surface area contributed by atoms with Crippen LogP contribution in [0.2, 0.25) is 0 Å². The van der Waals surface area contributed by atoms with Gasteiger partial charge in [-0.05, 0) is 63.4 Å². The van der Waals surface area contributed by atoms with E-state index in [9.17, 15) is 0 Å². The maximum absolute atomic E-state index is 3.56. The Kier molecular flexibility index (Phi) is 4.19. The maximum atomic E-state index is 3.56. The molecule has 0 saturated heterocycles. The topological polar surface area (TPSA) is 12.0 Å². The molecule has 16 heavy (non-hydrogen) atoms. The van der Waals surface area contributed by atoms with E-state index in [0.29, 0.717) is 6.04 Å². The van der Waals surface area contributed by atoms with Crippen molar-refractivity contribution < 1.29 is 0 Å². The molecule has 86 valence electrons. The monoisotopic (exact) mass is 315 g/mol. The number of rotatable bonds is 4. The number of halogens is 1. The molecule has 0 fully saturated rings. The molecular weight excluding hydrogens is 302 g/mol. The van der Waals surface area contributed by atoms with Crippen molar-refractivity contribution in [3.63, 3.8) is 0 Å². The summed E-state index contributed by atoms with van der Waals surface area (Å²) in [6, 6.07) is 4.76. The van der Waals surface area contributed by atoms with Gasteiger partial charge in [0.05, 0.1) is 9.83 Å². The summed E-state index contributed by atoms with van der Waals surface area (Å²) in [7, 11) is 0. The fourth-order valence-corrected chi connectivity index (χ4v) is 4.23. The van der Waals surface area contributed by atoms with Crippen LogP contribution in [-0.2, 0) is 0 Å². The summed E-state index contributed by atoms with van der Waals surface area (Å²) in [5.74, 6) is 0. The number of nitrogens with one attached hydrogen (secondary N) is 1. The highest BCUT2D eigenvalue weighted by molar-refractivity contribution is 9.11. The Morgan fingerprint density at radius 1 is 1.50 bits per heavy atom. The lowest BCUT2D eigenvalue weighted by Crippen LogP contribution is -2.21. The van der Waals surface area contributed by atoms with Crippen molar-refractivity contribution >= 4 is 38.6 Å². The van der Waals surface area contributed by atoms with Crippen LogP contribution in [0.5, 0.6) is 0 Å². The highest BCUT2D eigenvalue weighted by atomic mass is 79.9. The standard InChI is InChI=1S/C12H14BrNS2/c1-3-14-12(9-4-5-15-7-9)10-6-11(13)16-8(10)2/h4-7,12,14H,3H2,1-2H3. The third-order valence-corrected chi connectivity index (χ3v) is 4.79. The first-order chi connectivity index (χ1) is 7.72. The van der Waals surface area contributed by atoms with Crippen molar-refractivity contribution in [1.29, 1.82) is 0 Å². The molecule has 0 aliphatic rings. The van der Waals surface area contributed by atoms with Gasteiger partial charge in [-0.1, -0.05) is 6.92 Å². The summed E-state index contributed by atoms with van der Waals surface area (Å²) < 4.78 is 1.21. The summed E-state index contributed by atoms with van der Waals surface area (Å²) in [5, 5.41) is 7.90. The lowest BCUT2D eigenvalue weighted by Gasteiger charge is -2.16. The van der Waals surface area contributed by atoms with Crippen LogP contribution in [0.15, 0.2) is 26.7 Å². The van der Waals surface area contributed by atoms with Crippen molar-refractivity contribution in [3.8, 4) is 0 Å². The van der Waals surface area contributed by atoms with Gasteiger partial charge in [0.2, 0.25) is 0 Å². The Labute approximate surface area is 113 Å². The normalized spacial score (nSPS) is 12.9. The highest BCUT2D eigenvalue weighted by Gasteiger charge is 2.17. The summed E-state index contributed by atoms with van der Waals surface area (Å²) in [6.07, 6.45) is 0. The zero-order valence-electron chi connectivity index (χ0n) is 9.29. The maximum Gasteiger partial charge on any atom is 0.0704 e. The number of hydrogen-bond donors (Lipinski definition) is 1. The Balaban J connectivity index is 2.36. The van der Waals surface area contributed by atoms with E-state index in [0.717, 1.165) is 6.54 Å². The third kappa shape index (κ3) is 2.56. The predicted molar refractivity (Wildman–Crippen MR) is 76.6 cm³/mol. The van der Waals surface area contributed by atoms with E-state index < -0.39 is 0 Å². The third-order valence-electron chi connectivity index (χ3n) is 2.52. The fourth-order valence-electron chi connectivity index (χ4n) is 1.80. The average Bonchev–Trinajstić information content (AvgIpc) is 2.85. The lowest BCUT2D eigenvalue weighted by atomic mass is 10.0. The molecule has 1 unspecified atom stereocenters. The quantitative estimate of drug-likeness (QED) is 0.870. The fraction of sp³-hybridized carbons (Fsp3) is 0.333. The van der Waals surface area contributed by atoms with Gasteiger partial charge in [0.1, 0.15) is 0 Å². The summed E-state index contributed by atoms with van der Waals surface area (Å²) in [4.78, 5) is 1.38. The molecule has 0 bridgehead atoms. The van der Waals surface area contributed by atoms with Crippen molar-refractivity contribution in [3.05, 3.63) is 42.7 Å². The van der Waals surface area contributed by atoms with Crippen LogP contribution in [0.25, 0.3) is 0 Å². The number of thiophene rings is 2. The Bertz CT molecular complexity index is 448. The van der Waals surface area contributed by atoms with E-state index in [1.165, 1.54) is 19.8 Å². The second-order valence-corrected chi connectivity index (χ2v) is 7.03. The van der Waals surface area contributed by atoms with Crippen LogP contribution < -0.4 is 5.32 Å². The first kappa shape index (κ1) is 12.3. The minimum absolute atomic E-state index is 0.332. The van der Waals surface area contributed by atoms with Gasteiger partial charge in [0, 0.05) is 4.88 Å². The highest BCUT2D eigenvalue weighted by Crippen LogP contribution is 2.34. The van der Waals surface area contributed by atoms with E-state index in [4.69, 9.17) is 0 Å². The van der Waals surface area contributed by atoms with Gasteiger partial charge in [-0.2, -0.15) is 11.3 Å². The lowest BCUT2D eigenvalue weighted by molar-refractivity contribution is 0.631. The van der Waals surface area contributed by atoms with E-state index in [2.05, 4.69) is 58.0 Å². The number of hydrogen-bond acceptors (Lipinski definition) is 3. The van der Waals surface area contributed by atoms with Crippen molar-refractivity contribution in [2.45, 2.75) is 19.9 Å². The molecule has 0 aliphatic carbocycles. The van der Waals surface area contributed by atoms with Gasteiger partial charge >= 0.3 is 0 Å². The molecule has 2 heterocycles. The van der Waals surface area contributed by atoms with Gasteiger partial charge in [0.25, 0.3) is 0 Å². The zero-order valence-corrected chi connectivity index (χ0v) is 12.5. The van der Waals surface area contributed by atoms with Crippen molar-refractivity contribution in [2.24, 2.45) is 0 Å². The minimum atomic E-state index is 0.332. The van der Waals surface area contributed by atoms with Crippen LogP contribution >= 0.6 is 38.6 Å². The minimum Gasteiger partial charge on any atom is -0.306 e. The molecule has 1 atom stereocenters. The Hall–Kier alpha value is -0.160. The molecule has 0 amide bonds. The first-order valence-corrected chi connectivity index (χ1v) is 7.79. The molecule has 2 rings (SSSR count). The van der Waals surface area contributed by atoms with Crippen LogP contribution in [0, 0.1) is 6.92 Å². The molecule has 0 aliphatic heterocycles. The van der Waals surface area contributed by atoms with Gasteiger partial charge in [-0.3, -0.25) is 0 Å². The average molecular weight is 316 g/mol. The Morgan fingerprint density at radius 2 is 2.31 bits per heavy atom. The summed E-state index contributed by atoms with van der Waals surface area (Å²) in [6.45, 7) is 5.31. The number of aryl methyl sites for hydroxylation is 1. The van der Waals surface area contributed by atoms with E-state index in [1.54, 1.807) is 22.7 Å². The zero-order chi connectivity index (χ0) is 11.5. The molecule has 1 nitrogen and oxygen atoms in total. The second kappa shape index (κ2) is 5.45. The molecule has 0 spiro atoms. The van der Waals surface area contributed by atoms with Gasteiger partial charge in [-0.15, -0.1) is 11.3 Å². The SMILES string of the molecule is CCNC(c1ccsc1)c1cc(Br)sc1C. The Morgan fingerprint density at radius 3 is 2.81 bits per heavy atom.